The number of rotatable bonds is 6. The topological polar surface area (TPSA) is 70.7 Å². The predicted octanol–water partition coefficient (Wildman–Crippen LogP) is 4.04. The smallest absolute Gasteiger partial charge is 0.148 e. The van der Waals surface area contributed by atoms with Gasteiger partial charge in [0, 0.05) is 5.56 Å². The third kappa shape index (κ3) is 4.08. The standard InChI is InChI=1S/C22H22N6O/c1-16-9-10-21(17(2)11-16)27-12-20(25-26-27)13-29-22(19-7-5-4-6-8-19)18(3)28-15-23-14-24-28/h4-12,14-15H,13H2,1-3H3/b22-18-. The van der Waals surface area contributed by atoms with E-state index in [9.17, 15) is 0 Å². The van der Waals surface area contributed by atoms with Crippen molar-refractivity contribution in [3.63, 3.8) is 0 Å². The van der Waals surface area contributed by atoms with Crippen LogP contribution in [0.25, 0.3) is 17.1 Å². The Hall–Kier alpha value is -3.74. The largest absolute Gasteiger partial charge is 0.485 e. The molecule has 0 unspecified atom stereocenters. The van der Waals surface area contributed by atoms with Crippen molar-refractivity contribution in [3.05, 3.63) is 89.8 Å². The van der Waals surface area contributed by atoms with Gasteiger partial charge in [-0.1, -0.05) is 53.2 Å². The van der Waals surface area contributed by atoms with E-state index in [4.69, 9.17) is 4.74 Å². The summed E-state index contributed by atoms with van der Waals surface area (Å²) in [5, 5.41) is 12.8. The fraction of sp³-hybridized carbons (Fsp3) is 0.182. The Morgan fingerprint density at radius 3 is 2.62 bits per heavy atom. The zero-order valence-electron chi connectivity index (χ0n) is 16.6. The Labute approximate surface area is 169 Å². The first-order valence-electron chi connectivity index (χ1n) is 9.35. The molecular formula is C22H22N6O. The highest BCUT2D eigenvalue weighted by Gasteiger charge is 2.12. The molecule has 0 aliphatic carbocycles. The molecular weight excluding hydrogens is 364 g/mol. The van der Waals surface area contributed by atoms with Gasteiger partial charge in [0.1, 0.15) is 30.7 Å². The second-order valence-electron chi connectivity index (χ2n) is 6.85. The van der Waals surface area contributed by atoms with Crippen LogP contribution in [-0.2, 0) is 11.3 Å². The highest BCUT2D eigenvalue weighted by molar-refractivity contribution is 5.77. The highest BCUT2D eigenvalue weighted by atomic mass is 16.5. The van der Waals surface area contributed by atoms with Crippen molar-refractivity contribution < 1.29 is 4.74 Å². The van der Waals surface area contributed by atoms with Gasteiger partial charge in [0.25, 0.3) is 0 Å². The Morgan fingerprint density at radius 2 is 1.90 bits per heavy atom. The molecule has 146 valence electrons. The van der Waals surface area contributed by atoms with Crippen molar-refractivity contribution in [3.8, 4) is 5.69 Å². The van der Waals surface area contributed by atoms with Crippen molar-refractivity contribution in [2.45, 2.75) is 27.4 Å². The molecule has 0 N–H and O–H groups in total. The normalized spacial score (nSPS) is 12.0. The summed E-state index contributed by atoms with van der Waals surface area (Å²) < 4.78 is 9.64. The van der Waals surface area contributed by atoms with Crippen molar-refractivity contribution in [1.29, 1.82) is 0 Å². The van der Waals surface area contributed by atoms with Crippen molar-refractivity contribution in [2.24, 2.45) is 0 Å². The minimum atomic E-state index is 0.293. The van der Waals surface area contributed by atoms with Gasteiger partial charge in [0.15, 0.2) is 0 Å². The van der Waals surface area contributed by atoms with Gasteiger partial charge in [0.2, 0.25) is 0 Å². The SMILES string of the molecule is C/C(=C(/OCc1cn(-c2ccc(C)cc2C)nn1)c1ccccc1)n1cncn1. The molecule has 0 atom stereocenters. The third-order valence-corrected chi connectivity index (χ3v) is 4.63. The lowest BCUT2D eigenvalue weighted by Crippen LogP contribution is -2.02. The fourth-order valence-electron chi connectivity index (χ4n) is 3.16. The Balaban J connectivity index is 1.59. The number of benzene rings is 2. The molecule has 7 nitrogen and oxygen atoms in total. The maximum atomic E-state index is 6.17. The summed E-state index contributed by atoms with van der Waals surface area (Å²) in [7, 11) is 0. The highest BCUT2D eigenvalue weighted by Crippen LogP contribution is 2.24. The Morgan fingerprint density at radius 1 is 1.07 bits per heavy atom. The van der Waals surface area contributed by atoms with Gasteiger partial charge in [-0.3, -0.25) is 0 Å². The number of allylic oxidation sites excluding steroid dienone is 1. The summed E-state index contributed by atoms with van der Waals surface area (Å²) in [5.74, 6) is 0.720. The molecule has 0 aliphatic rings. The van der Waals surface area contributed by atoms with Crippen LogP contribution in [0.3, 0.4) is 0 Å². The van der Waals surface area contributed by atoms with Crippen LogP contribution in [0.4, 0.5) is 0 Å². The minimum Gasteiger partial charge on any atom is -0.485 e. The molecule has 29 heavy (non-hydrogen) atoms. The van der Waals surface area contributed by atoms with Gasteiger partial charge in [-0.15, -0.1) is 5.10 Å². The maximum Gasteiger partial charge on any atom is 0.148 e. The second-order valence-corrected chi connectivity index (χ2v) is 6.85. The zero-order chi connectivity index (χ0) is 20.2. The van der Waals surface area contributed by atoms with Crippen LogP contribution in [0.15, 0.2) is 67.4 Å². The molecule has 0 aliphatic heterocycles. The van der Waals surface area contributed by atoms with E-state index in [1.165, 1.54) is 11.9 Å². The number of nitrogens with zero attached hydrogens (tertiary/aromatic N) is 6. The van der Waals surface area contributed by atoms with E-state index in [1.807, 2.05) is 49.5 Å². The predicted molar refractivity (Wildman–Crippen MR) is 111 cm³/mol. The monoisotopic (exact) mass is 386 g/mol. The van der Waals surface area contributed by atoms with Crippen LogP contribution >= 0.6 is 0 Å². The molecule has 2 heterocycles. The molecule has 2 aromatic carbocycles. The molecule has 0 saturated carbocycles. The van der Waals surface area contributed by atoms with Crippen LogP contribution in [-0.4, -0.2) is 29.8 Å². The Kier molecular flexibility index (Phi) is 5.20. The quantitative estimate of drug-likeness (QED) is 0.468. The average Bonchev–Trinajstić information content (AvgIpc) is 3.41. The van der Waals surface area contributed by atoms with Crippen molar-refractivity contribution in [2.75, 3.05) is 0 Å². The van der Waals surface area contributed by atoms with E-state index in [2.05, 4.69) is 46.4 Å². The van der Waals surface area contributed by atoms with Gasteiger partial charge < -0.3 is 4.74 Å². The van der Waals surface area contributed by atoms with Crippen LogP contribution in [0.2, 0.25) is 0 Å². The van der Waals surface area contributed by atoms with Crippen LogP contribution in [0.1, 0.15) is 29.3 Å². The number of ether oxygens (including phenoxy) is 1. The number of aryl methyl sites for hydroxylation is 2. The summed E-state index contributed by atoms with van der Waals surface area (Å²) in [4.78, 5) is 4.03. The van der Waals surface area contributed by atoms with E-state index in [0.29, 0.717) is 6.61 Å². The minimum absolute atomic E-state index is 0.293. The van der Waals surface area contributed by atoms with E-state index >= 15 is 0 Å². The molecule has 0 bridgehead atoms. The lowest BCUT2D eigenvalue weighted by molar-refractivity contribution is 0.259. The van der Waals surface area contributed by atoms with Gasteiger partial charge >= 0.3 is 0 Å². The van der Waals surface area contributed by atoms with E-state index in [0.717, 1.165) is 34.0 Å². The maximum absolute atomic E-state index is 6.17. The molecule has 4 rings (SSSR count). The lowest BCUT2D eigenvalue weighted by Gasteiger charge is -2.13. The zero-order valence-corrected chi connectivity index (χ0v) is 16.6. The first kappa shape index (κ1) is 18.6. The van der Waals surface area contributed by atoms with Gasteiger partial charge in [-0.05, 0) is 32.4 Å². The van der Waals surface area contributed by atoms with Crippen LogP contribution < -0.4 is 0 Å². The third-order valence-electron chi connectivity index (χ3n) is 4.63. The first-order chi connectivity index (χ1) is 14.1. The summed E-state index contributed by atoms with van der Waals surface area (Å²) in [6.45, 7) is 6.38. The first-order valence-corrected chi connectivity index (χ1v) is 9.35. The second kappa shape index (κ2) is 8.10. The summed E-state index contributed by atoms with van der Waals surface area (Å²) in [6, 6.07) is 16.2. The van der Waals surface area contributed by atoms with Crippen molar-refractivity contribution in [1.82, 2.24) is 29.8 Å². The molecule has 4 aromatic rings. The number of aromatic nitrogens is 6. The molecule has 0 radical (unpaired) electrons. The number of hydrogen-bond donors (Lipinski definition) is 0. The fourth-order valence-corrected chi connectivity index (χ4v) is 3.16. The van der Waals surface area contributed by atoms with Gasteiger partial charge in [-0.2, -0.15) is 5.10 Å². The molecule has 0 spiro atoms. The summed E-state index contributed by atoms with van der Waals surface area (Å²) >= 11 is 0. The van der Waals surface area contributed by atoms with Gasteiger partial charge in [-0.25, -0.2) is 14.3 Å². The van der Waals surface area contributed by atoms with Crippen LogP contribution in [0.5, 0.6) is 0 Å². The molecule has 2 aromatic heterocycles. The molecule has 0 saturated heterocycles. The molecule has 7 heteroatoms. The van der Waals surface area contributed by atoms with Crippen molar-refractivity contribution >= 4 is 11.5 Å². The van der Waals surface area contributed by atoms with E-state index in [1.54, 1.807) is 15.7 Å². The Bertz CT molecular complexity index is 1130. The van der Waals surface area contributed by atoms with Gasteiger partial charge in [0.05, 0.1) is 17.6 Å². The van der Waals surface area contributed by atoms with E-state index < -0.39 is 0 Å². The molecule has 0 amide bonds. The summed E-state index contributed by atoms with van der Waals surface area (Å²) in [5.41, 5.74) is 5.92. The average molecular weight is 386 g/mol. The number of hydrogen-bond acceptors (Lipinski definition) is 5. The van der Waals surface area contributed by atoms with Crippen LogP contribution in [0, 0.1) is 13.8 Å². The lowest BCUT2D eigenvalue weighted by atomic mass is 10.1. The summed E-state index contributed by atoms with van der Waals surface area (Å²) in [6.07, 6.45) is 5.05. The van der Waals surface area contributed by atoms with E-state index in [-0.39, 0.29) is 0 Å². The molecule has 0 fully saturated rings.